The highest BCUT2D eigenvalue weighted by atomic mass is 35.5. The molecular formula is C21H18ClN7O2S. The number of likely N-dealkylation sites (tertiary alicyclic amines) is 1. The van der Waals surface area contributed by atoms with Gasteiger partial charge in [0.1, 0.15) is 5.82 Å². The summed E-state index contributed by atoms with van der Waals surface area (Å²) in [6.07, 6.45) is 3.15. The van der Waals surface area contributed by atoms with Gasteiger partial charge in [0, 0.05) is 19.2 Å². The van der Waals surface area contributed by atoms with Crippen LogP contribution in [0.2, 0.25) is 5.02 Å². The van der Waals surface area contributed by atoms with Crippen molar-refractivity contribution in [3.63, 3.8) is 0 Å². The quantitative estimate of drug-likeness (QED) is 0.378. The molecule has 0 unspecified atom stereocenters. The number of pyridine rings is 1. The Labute approximate surface area is 192 Å². The van der Waals surface area contributed by atoms with Gasteiger partial charge in [-0.15, -0.1) is 10.2 Å². The maximum absolute atomic E-state index is 12.1. The smallest absolute Gasteiger partial charge is 0.259 e. The molecule has 11 heteroatoms. The fourth-order valence-corrected chi connectivity index (χ4v) is 4.46. The molecule has 5 rings (SSSR count). The third-order valence-corrected chi connectivity index (χ3v) is 6.24. The number of benzene rings is 1. The molecule has 0 N–H and O–H groups in total. The minimum atomic E-state index is 0.133. The molecule has 0 bridgehead atoms. The molecular weight excluding hydrogens is 450 g/mol. The van der Waals surface area contributed by atoms with Crippen LogP contribution in [0.1, 0.15) is 24.5 Å². The van der Waals surface area contributed by atoms with Crippen LogP contribution in [-0.2, 0) is 17.1 Å². The minimum absolute atomic E-state index is 0.133. The fraction of sp³-hybridized carbons (Fsp3) is 0.238. The summed E-state index contributed by atoms with van der Waals surface area (Å²) >= 11 is 7.64. The van der Waals surface area contributed by atoms with Crippen LogP contribution in [0.15, 0.2) is 58.3 Å². The Morgan fingerprint density at radius 3 is 2.78 bits per heavy atom. The van der Waals surface area contributed by atoms with Gasteiger partial charge < -0.3 is 9.42 Å². The largest absolute Gasteiger partial charge is 0.335 e. The van der Waals surface area contributed by atoms with Gasteiger partial charge in [-0.3, -0.25) is 9.36 Å². The second-order valence-electron chi connectivity index (χ2n) is 7.13. The zero-order valence-electron chi connectivity index (χ0n) is 16.9. The molecule has 1 amide bonds. The first-order valence-corrected chi connectivity index (χ1v) is 11.4. The van der Waals surface area contributed by atoms with E-state index in [0.717, 1.165) is 13.0 Å². The van der Waals surface area contributed by atoms with E-state index in [1.165, 1.54) is 11.8 Å². The zero-order valence-corrected chi connectivity index (χ0v) is 18.5. The Morgan fingerprint density at radius 1 is 1.12 bits per heavy atom. The van der Waals surface area contributed by atoms with Crippen molar-refractivity contribution in [2.45, 2.75) is 30.3 Å². The summed E-state index contributed by atoms with van der Waals surface area (Å²) in [5, 5.41) is 13.9. The van der Waals surface area contributed by atoms with Gasteiger partial charge in [0.05, 0.1) is 22.9 Å². The minimum Gasteiger partial charge on any atom is -0.335 e. The number of hydrogen-bond donors (Lipinski definition) is 0. The highest BCUT2D eigenvalue weighted by molar-refractivity contribution is 7.98. The average Bonchev–Trinajstić information content (AvgIpc) is 3.54. The molecule has 1 saturated heterocycles. The monoisotopic (exact) mass is 467 g/mol. The second-order valence-corrected chi connectivity index (χ2v) is 8.47. The predicted octanol–water partition coefficient (Wildman–Crippen LogP) is 3.78. The molecule has 32 heavy (non-hydrogen) atoms. The Bertz CT molecular complexity index is 1240. The van der Waals surface area contributed by atoms with E-state index in [1.54, 1.807) is 17.2 Å². The Morgan fingerprint density at radius 2 is 2.00 bits per heavy atom. The number of halogens is 1. The molecule has 0 spiro atoms. The standard InChI is InChI=1S/C21H18ClN7O2S/c22-15-7-2-1-6-14(15)20-24-16(27-31-20)13-32-21-26-25-18(12-28-11-5-9-19(28)30)29(21)17-8-3-4-10-23-17/h1-4,6-8,10H,5,9,11-13H2. The lowest BCUT2D eigenvalue weighted by molar-refractivity contribution is -0.128. The number of rotatable bonds is 7. The Kier molecular flexibility index (Phi) is 5.87. The van der Waals surface area contributed by atoms with E-state index in [1.807, 2.05) is 41.0 Å². The molecule has 0 radical (unpaired) electrons. The van der Waals surface area contributed by atoms with Crippen LogP contribution in [0, 0.1) is 0 Å². The number of nitrogens with zero attached hydrogens (tertiary/aromatic N) is 7. The van der Waals surface area contributed by atoms with Crippen molar-refractivity contribution in [3.05, 3.63) is 65.3 Å². The van der Waals surface area contributed by atoms with Crippen molar-refractivity contribution < 1.29 is 9.32 Å². The molecule has 4 heterocycles. The van der Waals surface area contributed by atoms with E-state index >= 15 is 0 Å². The lowest BCUT2D eigenvalue weighted by atomic mass is 10.2. The van der Waals surface area contributed by atoms with Gasteiger partial charge in [-0.1, -0.05) is 46.7 Å². The topological polar surface area (TPSA) is 103 Å². The van der Waals surface area contributed by atoms with Crippen LogP contribution >= 0.6 is 23.4 Å². The third kappa shape index (κ3) is 4.23. The van der Waals surface area contributed by atoms with Gasteiger partial charge in [0.25, 0.3) is 5.89 Å². The molecule has 0 aliphatic carbocycles. The van der Waals surface area contributed by atoms with Crippen LogP contribution in [0.25, 0.3) is 17.3 Å². The van der Waals surface area contributed by atoms with Crippen LogP contribution in [0.5, 0.6) is 0 Å². The van der Waals surface area contributed by atoms with E-state index in [4.69, 9.17) is 16.1 Å². The van der Waals surface area contributed by atoms with E-state index in [2.05, 4.69) is 25.3 Å². The van der Waals surface area contributed by atoms with Crippen molar-refractivity contribution in [2.24, 2.45) is 0 Å². The zero-order chi connectivity index (χ0) is 21.9. The highest BCUT2D eigenvalue weighted by Crippen LogP contribution is 2.28. The number of thioether (sulfide) groups is 1. The molecule has 0 saturated carbocycles. The third-order valence-electron chi connectivity index (χ3n) is 4.99. The maximum atomic E-state index is 12.1. The van der Waals surface area contributed by atoms with Crippen LogP contribution < -0.4 is 0 Å². The van der Waals surface area contributed by atoms with E-state index in [-0.39, 0.29) is 5.91 Å². The molecule has 9 nitrogen and oxygen atoms in total. The van der Waals surface area contributed by atoms with Crippen LogP contribution in [0.3, 0.4) is 0 Å². The lowest BCUT2D eigenvalue weighted by Crippen LogP contribution is -2.25. The molecule has 1 aromatic carbocycles. The van der Waals surface area contributed by atoms with E-state index in [0.29, 0.717) is 57.8 Å². The van der Waals surface area contributed by atoms with E-state index in [9.17, 15) is 4.79 Å². The summed E-state index contributed by atoms with van der Waals surface area (Å²) in [5.41, 5.74) is 0.687. The molecule has 1 fully saturated rings. The number of carbonyl (C=O) groups excluding carboxylic acids is 1. The summed E-state index contributed by atoms with van der Waals surface area (Å²) in [4.78, 5) is 22.8. The first kappa shape index (κ1) is 20.7. The van der Waals surface area contributed by atoms with Crippen molar-refractivity contribution in [3.8, 4) is 17.3 Å². The SMILES string of the molecule is O=C1CCCN1Cc1nnc(SCc2noc(-c3ccccc3Cl)n2)n1-c1ccccn1. The molecule has 3 aromatic heterocycles. The van der Waals surface area contributed by atoms with Gasteiger partial charge in [-0.2, -0.15) is 4.98 Å². The predicted molar refractivity (Wildman–Crippen MR) is 118 cm³/mol. The first-order valence-electron chi connectivity index (χ1n) is 10.0. The summed E-state index contributed by atoms with van der Waals surface area (Å²) < 4.78 is 7.25. The number of amides is 1. The summed E-state index contributed by atoms with van der Waals surface area (Å²) in [6.45, 7) is 1.12. The number of hydrogen-bond acceptors (Lipinski definition) is 8. The Hall–Kier alpha value is -3.24. The van der Waals surface area contributed by atoms with Crippen molar-refractivity contribution >= 4 is 29.3 Å². The van der Waals surface area contributed by atoms with Crippen LogP contribution in [0.4, 0.5) is 0 Å². The first-order chi connectivity index (χ1) is 15.7. The van der Waals surface area contributed by atoms with Crippen molar-refractivity contribution in [2.75, 3.05) is 6.54 Å². The Balaban J connectivity index is 1.38. The molecule has 0 atom stereocenters. The van der Waals surface area contributed by atoms with Crippen LogP contribution in [-0.4, -0.2) is 47.2 Å². The maximum Gasteiger partial charge on any atom is 0.259 e. The normalized spacial score (nSPS) is 13.8. The lowest BCUT2D eigenvalue weighted by Gasteiger charge is -2.16. The highest BCUT2D eigenvalue weighted by Gasteiger charge is 2.24. The van der Waals surface area contributed by atoms with Crippen molar-refractivity contribution in [1.82, 2.24) is 34.8 Å². The molecule has 162 valence electrons. The number of aromatic nitrogens is 6. The second kappa shape index (κ2) is 9.09. The van der Waals surface area contributed by atoms with Gasteiger partial charge >= 0.3 is 0 Å². The van der Waals surface area contributed by atoms with E-state index < -0.39 is 0 Å². The van der Waals surface area contributed by atoms with Gasteiger partial charge in [0.2, 0.25) is 5.91 Å². The summed E-state index contributed by atoms with van der Waals surface area (Å²) in [6, 6.07) is 12.9. The van der Waals surface area contributed by atoms with Crippen molar-refractivity contribution in [1.29, 1.82) is 0 Å². The number of carbonyl (C=O) groups is 1. The molecule has 1 aliphatic heterocycles. The van der Waals surface area contributed by atoms with Gasteiger partial charge in [-0.25, -0.2) is 4.98 Å². The average molecular weight is 468 g/mol. The molecule has 1 aliphatic rings. The fourth-order valence-electron chi connectivity index (χ4n) is 3.44. The van der Waals surface area contributed by atoms with Gasteiger partial charge in [-0.05, 0) is 30.7 Å². The van der Waals surface area contributed by atoms with Gasteiger partial charge in [0.15, 0.2) is 16.8 Å². The molecule has 4 aromatic rings. The summed E-state index contributed by atoms with van der Waals surface area (Å²) in [5.74, 6) is 2.77. The summed E-state index contributed by atoms with van der Waals surface area (Å²) in [7, 11) is 0.